The summed E-state index contributed by atoms with van der Waals surface area (Å²) >= 11 is 0. The molecule has 102 valence electrons. The number of hydrogen-bond donors (Lipinski definition) is 1. The lowest BCUT2D eigenvalue weighted by Gasteiger charge is -2.06. The van der Waals surface area contributed by atoms with E-state index in [1.807, 2.05) is 42.7 Å². The van der Waals surface area contributed by atoms with E-state index in [9.17, 15) is 0 Å². The van der Waals surface area contributed by atoms with Crippen LogP contribution in [-0.4, -0.2) is 14.5 Å². The molecule has 4 rings (SSSR count). The van der Waals surface area contributed by atoms with Crippen molar-refractivity contribution in [2.75, 3.05) is 5.32 Å². The predicted molar refractivity (Wildman–Crippen MR) is 80.4 cm³/mol. The number of imidazole rings is 1. The SMILES string of the molecule is c1cc(Nc2ccon2)cc(-c2cnc3ccccn23)c1. The maximum atomic E-state index is 4.82. The fourth-order valence-electron chi connectivity index (χ4n) is 2.33. The number of rotatable bonds is 3. The Morgan fingerprint density at radius 2 is 2.05 bits per heavy atom. The van der Waals surface area contributed by atoms with Gasteiger partial charge in [-0.05, 0) is 24.3 Å². The fraction of sp³-hybridized carbons (Fsp3) is 0. The van der Waals surface area contributed by atoms with Gasteiger partial charge in [-0.3, -0.25) is 4.40 Å². The van der Waals surface area contributed by atoms with Crippen LogP contribution in [0.15, 0.2) is 71.7 Å². The van der Waals surface area contributed by atoms with Crippen molar-refractivity contribution in [1.29, 1.82) is 0 Å². The van der Waals surface area contributed by atoms with Crippen LogP contribution in [0.3, 0.4) is 0 Å². The molecule has 0 spiro atoms. The third kappa shape index (κ3) is 2.14. The van der Waals surface area contributed by atoms with Gasteiger partial charge >= 0.3 is 0 Å². The van der Waals surface area contributed by atoms with Crippen molar-refractivity contribution in [3.63, 3.8) is 0 Å². The van der Waals surface area contributed by atoms with Crippen LogP contribution in [0.25, 0.3) is 16.9 Å². The van der Waals surface area contributed by atoms with Crippen LogP contribution in [0, 0.1) is 0 Å². The Hall–Kier alpha value is -3.08. The molecule has 0 unspecified atom stereocenters. The quantitative estimate of drug-likeness (QED) is 0.619. The molecule has 1 N–H and O–H groups in total. The summed E-state index contributed by atoms with van der Waals surface area (Å²) in [5, 5.41) is 7.05. The van der Waals surface area contributed by atoms with E-state index in [4.69, 9.17) is 4.52 Å². The molecule has 0 amide bonds. The van der Waals surface area contributed by atoms with Crippen LogP contribution in [-0.2, 0) is 0 Å². The fourth-order valence-corrected chi connectivity index (χ4v) is 2.33. The molecule has 0 aliphatic heterocycles. The van der Waals surface area contributed by atoms with E-state index in [0.29, 0.717) is 5.82 Å². The monoisotopic (exact) mass is 276 g/mol. The average molecular weight is 276 g/mol. The Morgan fingerprint density at radius 1 is 1.05 bits per heavy atom. The Bertz CT molecular complexity index is 880. The lowest BCUT2D eigenvalue weighted by molar-refractivity contribution is 0.423. The summed E-state index contributed by atoms with van der Waals surface area (Å²) in [6, 6.07) is 15.9. The molecule has 0 saturated carbocycles. The minimum Gasteiger partial charge on any atom is -0.363 e. The number of fused-ring (bicyclic) bond motifs is 1. The van der Waals surface area contributed by atoms with Gasteiger partial charge in [0.05, 0.1) is 11.9 Å². The van der Waals surface area contributed by atoms with E-state index >= 15 is 0 Å². The Labute approximate surface area is 120 Å². The van der Waals surface area contributed by atoms with E-state index in [0.717, 1.165) is 22.6 Å². The zero-order valence-electron chi connectivity index (χ0n) is 11.1. The first-order valence-corrected chi connectivity index (χ1v) is 6.60. The second kappa shape index (κ2) is 4.79. The van der Waals surface area contributed by atoms with Gasteiger partial charge in [0.25, 0.3) is 0 Å². The molecular formula is C16H12N4O. The molecule has 0 aliphatic carbocycles. The number of pyridine rings is 1. The van der Waals surface area contributed by atoms with E-state index in [1.54, 1.807) is 6.07 Å². The highest BCUT2D eigenvalue weighted by Crippen LogP contribution is 2.25. The number of aromatic nitrogens is 3. The van der Waals surface area contributed by atoms with E-state index in [1.165, 1.54) is 6.26 Å². The Kier molecular flexibility index (Phi) is 2.67. The van der Waals surface area contributed by atoms with Crippen LogP contribution in [0.2, 0.25) is 0 Å². The van der Waals surface area contributed by atoms with Crippen molar-refractivity contribution in [2.45, 2.75) is 0 Å². The zero-order chi connectivity index (χ0) is 14.1. The Morgan fingerprint density at radius 3 is 2.95 bits per heavy atom. The van der Waals surface area contributed by atoms with Crippen LogP contribution < -0.4 is 5.32 Å². The highest BCUT2D eigenvalue weighted by molar-refractivity contribution is 5.69. The highest BCUT2D eigenvalue weighted by atomic mass is 16.5. The maximum Gasteiger partial charge on any atom is 0.173 e. The molecular weight excluding hydrogens is 264 g/mol. The van der Waals surface area contributed by atoms with Gasteiger partial charge in [-0.25, -0.2) is 4.98 Å². The van der Waals surface area contributed by atoms with Gasteiger partial charge in [0, 0.05) is 23.5 Å². The molecule has 0 atom stereocenters. The molecule has 4 aromatic rings. The van der Waals surface area contributed by atoms with Gasteiger partial charge in [0.2, 0.25) is 0 Å². The molecule has 0 saturated heterocycles. The van der Waals surface area contributed by atoms with Crippen molar-refractivity contribution in [3.8, 4) is 11.3 Å². The first-order chi connectivity index (χ1) is 10.4. The number of nitrogens with one attached hydrogen (secondary N) is 1. The minimum atomic E-state index is 0.685. The largest absolute Gasteiger partial charge is 0.363 e. The van der Waals surface area contributed by atoms with E-state index in [2.05, 4.69) is 32.0 Å². The van der Waals surface area contributed by atoms with Crippen molar-refractivity contribution in [1.82, 2.24) is 14.5 Å². The second-order valence-electron chi connectivity index (χ2n) is 4.66. The summed E-state index contributed by atoms with van der Waals surface area (Å²) in [5.74, 6) is 0.685. The highest BCUT2D eigenvalue weighted by Gasteiger charge is 2.06. The summed E-state index contributed by atoms with van der Waals surface area (Å²) in [6.07, 6.45) is 5.43. The van der Waals surface area contributed by atoms with Gasteiger partial charge in [0.15, 0.2) is 5.82 Å². The first-order valence-electron chi connectivity index (χ1n) is 6.60. The molecule has 5 nitrogen and oxygen atoms in total. The third-order valence-corrected chi connectivity index (χ3v) is 3.29. The molecule has 5 heteroatoms. The average Bonchev–Trinajstić information content (AvgIpc) is 3.16. The third-order valence-electron chi connectivity index (χ3n) is 3.29. The minimum absolute atomic E-state index is 0.685. The van der Waals surface area contributed by atoms with E-state index in [-0.39, 0.29) is 0 Å². The van der Waals surface area contributed by atoms with Crippen LogP contribution in [0.4, 0.5) is 11.5 Å². The molecule has 0 aliphatic rings. The summed E-state index contributed by atoms with van der Waals surface area (Å²) in [6.45, 7) is 0. The molecule has 3 heterocycles. The van der Waals surface area contributed by atoms with Crippen LogP contribution in [0.1, 0.15) is 0 Å². The normalized spacial score (nSPS) is 10.9. The summed E-state index contributed by atoms with van der Waals surface area (Å²) in [5.41, 5.74) is 4.02. The van der Waals surface area contributed by atoms with Crippen molar-refractivity contribution in [3.05, 3.63) is 67.2 Å². The van der Waals surface area contributed by atoms with Gasteiger partial charge in [0.1, 0.15) is 11.9 Å². The lowest BCUT2D eigenvalue weighted by atomic mass is 10.1. The number of nitrogens with zero attached hydrogens (tertiary/aromatic N) is 3. The van der Waals surface area contributed by atoms with Crippen molar-refractivity contribution < 1.29 is 4.52 Å². The van der Waals surface area contributed by atoms with Gasteiger partial charge in [-0.2, -0.15) is 0 Å². The van der Waals surface area contributed by atoms with Gasteiger partial charge in [-0.1, -0.05) is 23.4 Å². The Balaban J connectivity index is 1.75. The van der Waals surface area contributed by atoms with Crippen molar-refractivity contribution in [2.24, 2.45) is 0 Å². The number of benzene rings is 1. The lowest BCUT2D eigenvalue weighted by Crippen LogP contribution is -1.92. The van der Waals surface area contributed by atoms with E-state index < -0.39 is 0 Å². The molecule has 0 bridgehead atoms. The van der Waals surface area contributed by atoms with Crippen molar-refractivity contribution >= 4 is 17.2 Å². The number of hydrogen-bond acceptors (Lipinski definition) is 4. The molecule has 21 heavy (non-hydrogen) atoms. The zero-order valence-corrected chi connectivity index (χ0v) is 11.1. The molecule has 1 aromatic carbocycles. The summed E-state index contributed by atoms with van der Waals surface area (Å²) in [7, 11) is 0. The molecule has 0 fully saturated rings. The van der Waals surface area contributed by atoms with Crippen LogP contribution in [0.5, 0.6) is 0 Å². The molecule has 0 radical (unpaired) electrons. The smallest absolute Gasteiger partial charge is 0.173 e. The summed E-state index contributed by atoms with van der Waals surface area (Å²) in [4.78, 5) is 4.42. The maximum absolute atomic E-state index is 4.82. The predicted octanol–water partition coefficient (Wildman–Crippen LogP) is 3.73. The second-order valence-corrected chi connectivity index (χ2v) is 4.66. The summed E-state index contributed by atoms with van der Waals surface area (Å²) < 4.78 is 6.88. The van der Waals surface area contributed by atoms with Gasteiger partial charge < -0.3 is 9.84 Å². The topological polar surface area (TPSA) is 55.4 Å². The number of anilines is 2. The van der Waals surface area contributed by atoms with Crippen LogP contribution >= 0.6 is 0 Å². The van der Waals surface area contributed by atoms with Gasteiger partial charge in [-0.15, -0.1) is 0 Å². The molecule has 3 aromatic heterocycles. The first kappa shape index (κ1) is 11.7. The standard InChI is InChI=1S/C16H12N4O/c1-2-8-20-14(11-17-16(20)6-1)12-4-3-5-13(10-12)18-15-7-9-21-19-15/h1-11H,(H,18,19).